The lowest BCUT2D eigenvalue weighted by molar-refractivity contribution is -0.137. The van der Waals surface area contributed by atoms with Gasteiger partial charge in [0.05, 0.1) is 13.1 Å². The van der Waals surface area contributed by atoms with E-state index in [9.17, 15) is 9.59 Å². The van der Waals surface area contributed by atoms with Crippen LogP contribution in [0.25, 0.3) is 0 Å². The Morgan fingerprint density at radius 3 is 2.73 bits per heavy atom. The second kappa shape index (κ2) is 6.67. The van der Waals surface area contributed by atoms with E-state index in [2.05, 4.69) is 10.6 Å². The number of piperazine rings is 1. The van der Waals surface area contributed by atoms with E-state index in [1.807, 2.05) is 24.3 Å². The van der Waals surface area contributed by atoms with Gasteiger partial charge in [-0.2, -0.15) is 0 Å². The number of hydrogen-bond donors (Lipinski definition) is 2. The zero-order valence-corrected chi connectivity index (χ0v) is 13.1. The predicted molar refractivity (Wildman–Crippen MR) is 84.5 cm³/mol. The summed E-state index contributed by atoms with van der Waals surface area (Å²) in [7, 11) is 0. The number of rotatable bonds is 5. The number of benzene rings is 1. The zero-order chi connectivity index (χ0) is 15.5. The Bertz CT molecular complexity index is 557. The highest BCUT2D eigenvalue weighted by molar-refractivity contribution is 6.30. The molecule has 1 atom stereocenters. The van der Waals surface area contributed by atoms with E-state index in [0.717, 1.165) is 5.56 Å². The Morgan fingerprint density at radius 2 is 2.09 bits per heavy atom. The molecule has 1 saturated heterocycles. The fourth-order valence-electron chi connectivity index (χ4n) is 2.82. The molecule has 1 saturated carbocycles. The molecule has 2 fully saturated rings. The second-order valence-corrected chi connectivity index (χ2v) is 6.35. The zero-order valence-electron chi connectivity index (χ0n) is 12.3. The molecule has 2 amide bonds. The van der Waals surface area contributed by atoms with Crippen molar-refractivity contribution >= 4 is 23.4 Å². The molecular formula is C16H20ClN3O2. The summed E-state index contributed by atoms with van der Waals surface area (Å²) in [4.78, 5) is 25.2. The number of amides is 2. The Hall–Kier alpha value is -1.59. The van der Waals surface area contributed by atoms with Crippen LogP contribution in [-0.4, -0.2) is 42.9 Å². The fraction of sp³-hybridized carbons (Fsp3) is 0.500. The van der Waals surface area contributed by atoms with Crippen LogP contribution in [0.2, 0.25) is 5.02 Å². The molecule has 1 aromatic carbocycles. The maximum atomic E-state index is 12.2. The number of carbonyl (C=O) groups is 2. The van der Waals surface area contributed by atoms with E-state index in [4.69, 9.17) is 11.6 Å². The van der Waals surface area contributed by atoms with Crippen molar-refractivity contribution in [2.45, 2.75) is 18.9 Å². The van der Waals surface area contributed by atoms with Gasteiger partial charge in [-0.1, -0.05) is 23.7 Å². The summed E-state index contributed by atoms with van der Waals surface area (Å²) in [5.74, 6) is 0.476. The third kappa shape index (κ3) is 3.78. The van der Waals surface area contributed by atoms with Gasteiger partial charge in [0.2, 0.25) is 11.8 Å². The highest BCUT2D eigenvalue weighted by atomic mass is 35.5. The van der Waals surface area contributed by atoms with Crippen LogP contribution in [0.15, 0.2) is 24.3 Å². The first-order valence-corrected chi connectivity index (χ1v) is 8.04. The number of nitrogens with zero attached hydrogens (tertiary/aromatic N) is 1. The maximum absolute atomic E-state index is 12.2. The molecule has 2 N–H and O–H groups in total. The molecule has 1 heterocycles. The summed E-state index contributed by atoms with van der Waals surface area (Å²) < 4.78 is 0. The normalized spacial score (nSPS) is 19.7. The Labute approximate surface area is 135 Å². The predicted octanol–water partition coefficient (Wildman–Crippen LogP) is 1.34. The topological polar surface area (TPSA) is 61.4 Å². The highest BCUT2D eigenvalue weighted by Crippen LogP contribution is 2.41. The van der Waals surface area contributed by atoms with Gasteiger partial charge in [-0.15, -0.1) is 0 Å². The van der Waals surface area contributed by atoms with Gasteiger partial charge in [0.25, 0.3) is 0 Å². The van der Waals surface area contributed by atoms with Crippen LogP contribution in [-0.2, 0) is 9.59 Å². The molecule has 118 valence electrons. The van der Waals surface area contributed by atoms with Crippen LogP contribution in [0.5, 0.6) is 0 Å². The summed E-state index contributed by atoms with van der Waals surface area (Å²) >= 11 is 5.94. The van der Waals surface area contributed by atoms with Crippen LogP contribution < -0.4 is 10.6 Å². The maximum Gasteiger partial charge on any atom is 0.239 e. The van der Waals surface area contributed by atoms with Crippen molar-refractivity contribution in [2.24, 2.45) is 5.92 Å². The van der Waals surface area contributed by atoms with Crippen molar-refractivity contribution in [1.82, 2.24) is 15.5 Å². The van der Waals surface area contributed by atoms with Gasteiger partial charge in [-0.25, -0.2) is 0 Å². The van der Waals surface area contributed by atoms with Crippen LogP contribution >= 0.6 is 11.6 Å². The number of hydrogen-bond acceptors (Lipinski definition) is 3. The first-order chi connectivity index (χ1) is 10.6. The Kier molecular flexibility index (Phi) is 4.64. The third-order valence-electron chi connectivity index (χ3n) is 4.19. The first-order valence-electron chi connectivity index (χ1n) is 7.67. The average Bonchev–Trinajstić information content (AvgIpc) is 3.34. The van der Waals surface area contributed by atoms with E-state index in [1.165, 1.54) is 12.8 Å². The van der Waals surface area contributed by atoms with Crippen molar-refractivity contribution in [3.8, 4) is 0 Å². The van der Waals surface area contributed by atoms with Crippen LogP contribution in [0.3, 0.4) is 0 Å². The van der Waals surface area contributed by atoms with Crippen molar-refractivity contribution in [3.05, 3.63) is 34.9 Å². The van der Waals surface area contributed by atoms with E-state index >= 15 is 0 Å². The molecule has 1 aliphatic carbocycles. The van der Waals surface area contributed by atoms with Gasteiger partial charge in [0.15, 0.2) is 0 Å². The lowest BCUT2D eigenvalue weighted by Crippen LogP contribution is -2.52. The summed E-state index contributed by atoms with van der Waals surface area (Å²) in [6.45, 7) is 1.54. The van der Waals surface area contributed by atoms with Crippen molar-refractivity contribution in [2.75, 3.05) is 26.2 Å². The summed E-state index contributed by atoms with van der Waals surface area (Å²) in [6, 6.07) is 7.96. The molecule has 0 bridgehead atoms. The van der Waals surface area contributed by atoms with Gasteiger partial charge in [-0.05, 0) is 36.5 Å². The van der Waals surface area contributed by atoms with E-state index in [0.29, 0.717) is 24.0 Å². The highest BCUT2D eigenvalue weighted by Gasteiger charge is 2.33. The molecular weight excluding hydrogens is 302 g/mol. The van der Waals surface area contributed by atoms with Crippen LogP contribution in [0.4, 0.5) is 0 Å². The first kappa shape index (κ1) is 15.3. The lowest BCUT2D eigenvalue weighted by atomic mass is 10.0. The SMILES string of the molecule is O=C1CN(C(=O)CN[C@H](c2ccc(Cl)cc2)C2CC2)CCN1. The molecule has 0 unspecified atom stereocenters. The molecule has 0 aromatic heterocycles. The number of nitrogens with one attached hydrogen (secondary N) is 2. The van der Waals surface area contributed by atoms with Gasteiger partial charge >= 0.3 is 0 Å². The molecule has 6 heteroatoms. The second-order valence-electron chi connectivity index (χ2n) is 5.91. The Morgan fingerprint density at radius 1 is 1.36 bits per heavy atom. The molecule has 22 heavy (non-hydrogen) atoms. The summed E-state index contributed by atoms with van der Waals surface area (Å²) in [5.41, 5.74) is 1.16. The molecule has 0 radical (unpaired) electrons. The van der Waals surface area contributed by atoms with E-state index in [1.54, 1.807) is 4.90 Å². The lowest BCUT2D eigenvalue weighted by Gasteiger charge is -2.28. The summed E-state index contributed by atoms with van der Waals surface area (Å²) in [6.07, 6.45) is 2.36. The van der Waals surface area contributed by atoms with Gasteiger partial charge in [0, 0.05) is 24.2 Å². The van der Waals surface area contributed by atoms with Crippen LogP contribution in [0, 0.1) is 5.92 Å². The quantitative estimate of drug-likeness (QED) is 0.860. The molecule has 2 aliphatic rings. The van der Waals surface area contributed by atoms with Crippen molar-refractivity contribution in [1.29, 1.82) is 0 Å². The van der Waals surface area contributed by atoms with Gasteiger partial charge in [0.1, 0.15) is 0 Å². The number of halogens is 1. The van der Waals surface area contributed by atoms with Crippen molar-refractivity contribution in [3.63, 3.8) is 0 Å². The molecule has 1 aromatic rings. The minimum atomic E-state index is -0.0870. The largest absolute Gasteiger partial charge is 0.353 e. The molecule has 1 aliphatic heterocycles. The van der Waals surface area contributed by atoms with Gasteiger partial charge in [-0.3, -0.25) is 9.59 Å². The van der Waals surface area contributed by atoms with Gasteiger partial charge < -0.3 is 15.5 Å². The fourth-order valence-corrected chi connectivity index (χ4v) is 2.94. The van der Waals surface area contributed by atoms with E-state index < -0.39 is 0 Å². The smallest absolute Gasteiger partial charge is 0.239 e. The Balaban J connectivity index is 1.59. The number of carbonyl (C=O) groups excluding carboxylic acids is 2. The molecule has 0 spiro atoms. The van der Waals surface area contributed by atoms with E-state index in [-0.39, 0.29) is 30.9 Å². The molecule has 5 nitrogen and oxygen atoms in total. The third-order valence-corrected chi connectivity index (χ3v) is 4.44. The van der Waals surface area contributed by atoms with Crippen LogP contribution in [0.1, 0.15) is 24.4 Å². The standard InChI is InChI=1S/C16H20ClN3O2/c17-13-5-3-12(4-6-13)16(11-1-2-11)19-9-15(22)20-8-7-18-14(21)10-20/h3-6,11,16,19H,1-2,7-10H2,(H,18,21)/t16-/m0/s1. The average molecular weight is 322 g/mol. The minimum absolute atomic E-state index is 0.0190. The van der Waals surface area contributed by atoms with Crippen molar-refractivity contribution < 1.29 is 9.59 Å². The minimum Gasteiger partial charge on any atom is -0.353 e. The monoisotopic (exact) mass is 321 g/mol. The molecule has 3 rings (SSSR count). The summed E-state index contributed by atoms with van der Waals surface area (Å²) in [5, 5.41) is 6.81.